The van der Waals surface area contributed by atoms with Crippen molar-refractivity contribution in [1.82, 2.24) is 14.6 Å². The molecule has 0 atom stereocenters. The summed E-state index contributed by atoms with van der Waals surface area (Å²) in [5.74, 6) is 0. The predicted octanol–water partition coefficient (Wildman–Crippen LogP) is 2.06. The van der Waals surface area contributed by atoms with Crippen LogP contribution in [0.25, 0.3) is 5.52 Å². The molecular weight excluding hydrogens is 150 g/mol. The lowest BCUT2D eigenvalue weighted by Gasteiger charge is -1.86. The molecule has 0 unspecified atom stereocenters. The summed E-state index contributed by atoms with van der Waals surface area (Å²) < 4.78 is 1.95. The van der Waals surface area contributed by atoms with Crippen LogP contribution in [-0.4, -0.2) is 14.6 Å². The van der Waals surface area contributed by atoms with E-state index in [1.165, 1.54) is 5.56 Å². The molecule has 0 amide bonds. The van der Waals surface area contributed by atoms with Gasteiger partial charge in [-0.25, -0.2) is 0 Å². The Hall–Kier alpha value is -1.38. The van der Waals surface area contributed by atoms with Crippen molar-refractivity contribution in [2.24, 2.45) is 0 Å². The van der Waals surface area contributed by atoms with Gasteiger partial charge in [-0.15, -0.1) is 5.10 Å². The van der Waals surface area contributed by atoms with Crippen LogP contribution < -0.4 is 0 Å². The third-order valence-electron chi connectivity index (χ3n) is 1.45. The van der Waals surface area contributed by atoms with E-state index >= 15 is 0 Å². The third-order valence-corrected chi connectivity index (χ3v) is 1.45. The molecule has 3 heteroatoms. The Labute approximate surface area is 72.1 Å². The largest absolute Gasteiger partial charge is 0.304 e. The summed E-state index contributed by atoms with van der Waals surface area (Å²) in [5.41, 5.74) is 2.32. The Balaban J connectivity index is 0.000000336. The van der Waals surface area contributed by atoms with Crippen LogP contribution in [0.1, 0.15) is 19.4 Å². The highest BCUT2D eigenvalue weighted by Gasteiger charge is 1.92. The van der Waals surface area contributed by atoms with Crippen molar-refractivity contribution in [1.29, 1.82) is 0 Å². The van der Waals surface area contributed by atoms with Gasteiger partial charge >= 0.3 is 0 Å². The van der Waals surface area contributed by atoms with Crippen LogP contribution in [0, 0.1) is 6.92 Å². The fraction of sp³-hybridized carbons (Fsp3) is 0.333. The van der Waals surface area contributed by atoms with Gasteiger partial charge in [0.05, 0.1) is 11.7 Å². The van der Waals surface area contributed by atoms with Crippen LogP contribution in [0.2, 0.25) is 0 Å². The molecule has 3 nitrogen and oxygen atoms in total. The quantitative estimate of drug-likeness (QED) is 0.595. The highest BCUT2D eigenvalue weighted by atomic mass is 15.1. The minimum atomic E-state index is 1.09. The Morgan fingerprint density at radius 1 is 1.25 bits per heavy atom. The molecule has 12 heavy (non-hydrogen) atoms. The van der Waals surface area contributed by atoms with Crippen LogP contribution in [0.15, 0.2) is 24.8 Å². The summed E-state index contributed by atoms with van der Waals surface area (Å²) in [5, 5.41) is 7.49. The van der Waals surface area contributed by atoms with Crippen molar-refractivity contribution in [3.05, 3.63) is 30.4 Å². The van der Waals surface area contributed by atoms with Crippen molar-refractivity contribution in [2.45, 2.75) is 20.8 Å². The molecule has 0 spiro atoms. The second-order valence-electron chi connectivity index (χ2n) is 2.33. The van der Waals surface area contributed by atoms with E-state index in [9.17, 15) is 0 Å². The maximum Gasteiger partial charge on any atom is 0.122 e. The molecule has 0 saturated heterocycles. The molecule has 0 aliphatic rings. The molecule has 0 aliphatic carbocycles. The van der Waals surface area contributed by atoms with Gasteiger partial charge in [0, 0.05) is 6.20 Å². The molecule has 2 aromatic rings. The van der Waals surface area contributed by atoms with Gasteiger partial charge in [-0.2, -0.15) is 5.10 Å². The van der Waals surface area contributed by atoms with Crippen molar-refractivity contribution in [2.75, 3.05) is 0 Å². The first-order chi connectivity index (χ1) is 5.86. The van der Waals surface area contributed by atoms with Gasteiger partial charge in [-0.3, -0.25) is 0 Å². The van der Waals surface area contributed by atoms with Gasteiger partial charge in [0.2, 0.25) is 0 Å². The molecule has 0 radical (unpaired) electrons. The molecular formula is C9H13N3. The first-order valence-corrected chi connectivity index (χ1v) is 4.11. The smallest absolute Gasteiger partial charge is 0.122 e. The van der Waals surface area contributed by atoms with Crippen LogP contribution in [0.5, 0.6) is 0 Å². The second kappa shape index (κ2) is 3.85. The van der Waals surface area contributed by atoms with Gasteiger partial charge in [0.1, 0.15) is 6.33 Å². The van der Waals surface area contributed by atoms with E-state index in [1.807, 2.05) is 31.4 Å². The zero-order chi connectivity index (χ0) is 8.97. The summed E-state index contributed by atoms with van der Waals surface area (Å²) in [6.07, 6.45) is 5.46. The van der Waals surface area contributed by atoms with E-state index in [4.69, 9.17) is 0 Å². The minimum absolute atomic E-state index is 1.09. The Kier molecular flexibility index (Phi) is 2.80. The number of fused-ring (bicyclic) bond motifs is 1. The standard InChI is InChI=1S/C7H7N3.C2H6/c1-6-2-7-3-8-9-5-10(7)4-6;1-2/h2-5H,1H3;1-2H3. The van der Waals surface area contributed by atoms with E-state index in [-0.39, 0.29) is 0 Å². The number of hydrogen-bond acceptors (Lipinski definition) is 2. The molecule has 2 aromatic heterocycles. The van der Waals surface area contributed by atoms with Gasteiger partial charge in [-0.05, 0) is 18.6 Å². The summed E-state index contributed by atoms with van der Waals surface area (Å²) in [4.78, 5) is 0. The van der Waals surface area contributed by atoms with Gasteiger partial charge in [0.15, 0.2) is 0 Å². The monoisotopic (exact) mass is 163 g/mol. The Morgan fingerprint density at radius 3 is 2.67 bits per heavy atom. The molecule has 0 bridgehead atoms. The average molecular weight is 163 g/mol. The van der Waals surface area contributed by atoms with Crippen LogP contribution in [0.4, 0.5) is 0 Å². The van der Waals surface area contributed by atoms with Gasteiger partial charge in [0.25, 0.3) is 0 Å². The number of nitrogens with zero attached hydrogens (tertiary/aromatic N) is 3. The van der Waals surface area contributed by atoms with E-state index in [0.29, 0.717) is 0 Å². The zero-order valence-corrected chi connectivity index (χ0v) is 7.65. The fourth-order valence-electron chi connectivity index (χ4n) is 1.02. The molecule has 0 N–H and O–H groups in total. The molecule has 0 aliphatic heterocycles. The van der Waals surface area contributed by atoms with Crippen LogP contribution in [0.3, 0.4) is 0 Å². The highest BCUT2D eigenvalue weighted by Crippen LogP contribution is 2.04. The van der Waals surface area contributed by atoms with E-state index in [1.54, 1.807) is 12.5 Å². The minimum Gasteiger partial charge on any atom is -0.304 e. The Bertz CT molecular complexity index is 318. The van der Waals surface area contributed by atoms with Crippen molar-refractivity contribution in [3.63, 3.8) is 0 Å². The van der Waals surface area contributed by atoms with Gasteiger partial charge < -0.3 is 4.40 Å². The normalized spacial score (nSPS) is 9.25. The van der Waals surface area contributed by atoms with Crippen LogP contribution in [-0.2, 0) is 0 Å². The lowest BCUT2D eigenvalue weighted by atomic mass is 10.4. The molecule has 2 rings (SSSR count). The second-order valence-corrected chi connectivity index (χ2v) is 2.33. The molecule has 0 saturated carbocycles. The van der Waals surface area contributed by atoms with E-state index < -0.39 is 0 Å². The third kappa shape index (κ3) is 1.61. The lowest BCUT2D eigenvalue weighted by Crippen LogP contribution is -1.85. The zero-order valence-electron chi connectivity index (χ0n) is 7.65. The summed E-state index contributed by atoms with van der Waals surface area (Å²) in [6.45, 7) is 6.05. The van der Waals surface area contributed by atoms with Crippen LogP contribution >= 0.6 is 0 Å². The number of aromatic nitrogens is 3. The van der Waals surface area contributed by atoms with Crippen molar-refractivity contribution >= 4 is 5.52 Å². The predicted molar refractivity (Wildman–Crippen MR) is 49.1 cm³/mol. The van der Waals surface area contributed by atoms with E-state index in [0.717, 1.165) is 5.52 Å². The highest BCUT2D eigenvalue weighted by molar-refractivity contribution is 5.46. The summed E-state index contributed by atoms with van der Waals surface area (Å²) in [7, 11) is 0. The number of rotatable bonds is 0. The fourth-order valence-corrected chi connectivity index (χ4v) is 1.02. The average Bonchev–Trinajstić information content (AvgIpc) is 2.48. The van der Waals surface area contributed by atoms with E-state index in [2.05, 4.69) is 16.3 Å². The van der Waals surface area contributed by atoms with Crippen molar-refractivity contribution in [3.8, 4) is 0 Å². The summed E-state index contributed by atoms with van der Waals surface area (Å²) in [6, 6.07) is 2.06. The number of aryl methyl sites for hydroxylation is 1. The summed E-state index contributed by atoms with van der Waals surface area (Å²) >= 11 is 0. The SMILES string of the molecule is CC.Cc1cc2cnncn2c1. The maximum absolute atomic E-state index is 3.76. The maximum atomic E-state index is 3.76. The van der Waals surface area contributed by atoms with Crippen molar-refractivity contribution < 1.29 is 0 Å². The molecule has 0 aromatic carbocycles. The van der Waals surface area contributed by atoms with Gasteiger partial charge in [-0.1, -0.05) is 13.8 Å². The molecule has 64 valence electrons. The first kappa shape index (κ1) is 8.71. The Morgan fingerprint density at radius 2 is 2.00 bits per heavy atom. The molecule has 2 heterocycles. The topological polar surface area (TPSA) is 30.2 Å². The molecule has 0 fully saturated rings. The number of hydrogen-bond donors (Lipinski definition) is 0. The first-order valence-electron chi connectivity index (χ1n) is 4.11. The lowest BCUT2D eigenvalue weighted by molar-refractivity contribution is 0.949.